The molecule has 3 heteroatoms. The molecule has 1 fully saturated rings. The van der Waals surface area contributed by atoms with Gasteiger partial charge in [-0.2, -0.15) is 0 Å². The lowest BCUT2D eigenvalue weighted by Gasteiger charge is -2.19. The number of benzene rings is 2. The van der Waals surface area contributed by atoms with Crippen molar-refractivity contribution in [3.63, 3.8) is 0 Å². The zero-order valence-corrected chi connectivity index (χ0v) is 16.6. The van der Waals surface area contributed by atoms with E-state index >= 15 is 0 Å². The molecule has 1 aliphatic rings. The lowest BCUT2D eigenvalue weighted by atomic mass is 10.2. The maximum Gasteiger partial charge on any atom is 0.0809 e. The molecule has 26 heavy (non-hydrogen) atoms. The third-order valence-corrected chi connectivity index (χ3v) is 7.53. The van der Waals surface area contributed by atoms with Gasteiger partial charge in [-0.25, -0.2) is 0 Å². The van der Waals surface area contributed by atoms with E-state index in [-0.39, 0.29) is 7.92 Å². The Hall–Kier alpha value is -1.21. The van der Waals surface area contributed by atoms with Gasteiger partial charge in [0.1, 0.15) is 0 Å². The Morgan fingerprint density at radius 2 is 1.46 bits per heavy atom. The Bertz CT molecular complexity index is 553. The highest BCUT2D eigenvalue weighted by molar-refractivity contribution is 7.57. The summed E-state index contributed by atoms with van der Waals surface area (Å²) >= 11 is 0. The summed E-state index contributed by atoms with van der Waals surface area (Å²) in [6, 6.07) is 21.8. The van der Waals surface area contributed by atoms with Crippen LogP contribution in [-0.4, -0.2) is 44.4 Å². The standard InChI is InChI=1S/C23H31O2P/c1-3-8-21(9-4-1)13-17-26(18-14-22-10-5-2-6-11-22)19-16-24-20-23-12-7-15-25-23/h1-6,8-11,23H,7,12-20H2. The third kappa shape index (κ3) is 7.19. The molecule has 2 aromatic rings. The van der Waals surface area contributed by atoms with Crippen LogP contribution in [0.2, 0.25) is 0 Å². The van der Waals surface area contributed by atoms with Gasteiger partial charge in [-0.3, -0.25) is 0 Å². The normalized spacial score (nSPS) is 17.0. The quantitative estimate of drug-likeness (QED) is 0.402. The lowest BCUT2D eigenvalue weighted by molar-refractivity contribution is 0.0224. The second kappa shape index (κ2) is 11.5. The zero-order valence-electron chi connectivity index (χ0n) is 15.7. The molecule has 0 amide bonds. The molecule has 0 N–H and O–H groups in total. The minimum atomic E-state index is 0.00239. The number of hydrogen-bond acceptors (Lipinski definition) is 2. The predicted molar refractivity (Wildman–Crippen MR) is 112 cm³/mol. The lowest BCUT2D eigenvalue weighted by Crippen LogP contribution is -2.16. The molecule has 1 unspecified atom stereocenters. The summed E-state index contributed by atoms with van der Waals surface area (Å²) in [5.41, 5.74) is 2.92. The van der Waals surface area contributed by atoms with E-state index in [9.17, 15) is 0 Å². The fourth-order valence-electron chi connectivity index (χ4n) is 3.38. The minimum absolute atomic E-state index is 0.00239. The largest absolute Gasteiger partial charge is 0.378 e. The molecule has 1 atom stereocenters. The van der Waals surface area contributed by atoms with Gasteiger partial charge < -0.3 is 9.47 Å². The van der Waals surface area contributed by atoms with Crippen LogP contribution in [0.25, 0.3) is 0 Å². The minimum Gasteiger partial charge on any atom is -0.378 e. The van der Waals surface area contributed by atoms with E-state index in [4.69, 9.17) is 9.47 Å². The Morgan fingerprint density at radius 3 is 2.00 bits per heavy atom. The van der Waals surface area contributed by atoms with Gasteiger partial charge in [0.05, 0.1) is 19.3 Å². The van der Waals surface area contributed by atoms with Crippen molar-refractivity contribution in [1.29, 1.82) is 0 Å². The highest BCUT2D eigenvalue weighted by Crippen LogP contribution is 2.36. The van der Waals surface area contributed by atoms with Crippen molar-refractivity contribution in [1.82, 2.24) is 0 Å². The van der Waals surface area contributed by atoms with E-state index < -0.39 is 0 Å². The van der Waals surface area contributed by atoms with Crippen LogP contribution < -0.4 is 0 Å². The molecule has 0 radical (unpaired) electrons. The molecule has 1 heterocycles. The third-order valence-electron chi connectivity index (χ3n) is 5.00. The summed E-state index contributed by atoms with van der Waals surface area (Å²) in [6.45, 7) is 2.57. The van der Waals surface area contributed by atoms with Crippen molar-refractivity contribution < 1.29 is 9.47 Å². The van der Waals surface area contributed by atoms with Crippen molar-refractivity contribution in [2.45, 2.75) is 31.8 Å². The average molecular weight is 370 g/mol. The van der Waals surface area contributed by atoms with E-state index in [1.54, 1.807) is 0 Å². The summed E-state index contributed by atoms with van der Waals surface area (Å²) in [7, 11) is 0.00239. The van der Waals surface area contributed by atoms with Crippen molar-refractivity contribution in [3.05, 3.63) is 71.8 Å². The van der Waals surface area contributed by atoms with Crippen LogP contribution in [-0.2, 0) is 22.3 Å². The van der Waals surface area contributed by atoms with E-state index in [1.165, 1.54) is 48.9 Å². The Balaban J connectivity index is 1.43. The molecule has 0 bridgehead atoms. The molecule has 1 saturated heterocycles. The van der Waals surface area contributed by atoms with Gasteiger partial charge in [0, 0.05) is 6.61 Å². The number of ether oxygens (including phenoxy) is 2. The molecule has 0 spiro atoms. The van der Waals surface area contributed by atoms with Crippen LogP contribution in [0.15, 0.2) is 60.7 Å². The van der Waals surface area contributed by atoms with Crippen molar-refractivity contribution in [2.24, 2.45) is 0 Å². The monoisotopic (exact) mass is 370 g/mol. The van der Waals surface area contributed by atoms with E-state index in [2.05, 4.69) is 60.7 Å². The molecule has 0 saturated carbocycles. The van der Waals surface area contributed by atoms with E-state index in [0.717, 1.165) is 26.2 Å². The summed E-state index contributed by atoms with van der Waals surface area (Å²) < 4.78 is 11.6. The SMILES string of the molecule is c1ccc(CCP(CCOCC2CCCO2)CCc2ccccc2)cc1. The topological polar surface area (TPSA) is 18.5 Å². The van der Waals surface area contributed by atoms with Gasteiger partial charge in [-0.1, -0.05) is 60.7 Å². The van der Waals surface area contributed by atoms with Crippen LogP contribution in [0, 0.1) is 0 Å². The summed E-state index contributed by atoms with van der Waals surface area (Å²) in [5, 5.41) is 0. The molecular weight excluding hydrogens is 339 g/mol. The first-order valence-electron chi connectivity index (χ1n) is 9.90. The first-order chi connectivity index (χ1) is 12.9. The van der Waals surface area contributed by atoms with Gasteiger partial charge in [-0.15, -0.1) is 7.92 Å². The highest BCUT2D eigenvalue weighted by Gasteiger charge is 2.16. The van der Waals surface area contributed by atoms with Crippen LogP contribution >= 0.6 is 7.92 Å². The van der Waals surface area contributed by atoms with Crippen molar-refractivity contribution in [3.8, 4) is 0 Å². The van der Waals surface area contributed by atoms with E-state index in [0.29, 0.717) is 6.10 Å². The molecule has 3 rings (SSSR count). The Morgan fingerprint density at radius 1 is 0.846 bits per heavy atom. The number of rotatable bonds is 11. The van der Waals surface area contributed by atoms with Crippen LogP contribution in [0.1, 0.15) is 24.0 Å². The van der Waals surface area contributed by atoms with Crippen LogP contribution in [0.3, 0.4) is 0 Å². The first-order valence-corrected chi connectivity index (χ1v) is 11.8. The summed E-state index contributed by atoms with van der Waals surface area (Å²) in [4.78, 5) is 0. The van der Waals surface area contributed by atoms with Crippen molar-refractivity contribution >= 4 is 7.92 Å². The smallest absolute Gasteiger partial charge is 0.0809 e. The van der Waals surface area contributed by atoms with Gasteiger partial charge in [0.2, 0.25) is 0 Å². The molecule has 0 aliphatic carbocycles. The van der Waals surface area contributed by atoms with E-state index in [1.807, 2.05) is 0 Å². The fraction of sp³-hybridized carbons (Fsp3) is 0.478. The zero-order chi connectivity index (χ0) is 17.9. The maximum absolute atomic E-state index is 5.94. The Labute approximate surface area is 159 Å². The first kappa shape index (κ1) is 19.5. The van der Waals surface area contributed by atoms with Crippen LogP contribution in [0.5, 0.6) is 0 Å². The predicted octanol–water partition coefficient (Wildman–Crippen LogP) is 5.15. The molecule has 0 aromatic heterocycles. The number of hydrogen-bond donors (Lipinski definition) is 0. The summed E-state index contributed by atoms with van der Waals surface area (Å²) in [6.07, 6.45) is 8.88. The van der Waals surface area contributed by atoms with Crippen LogP contribution in [0.4, 0.5) is 0 Å². The van der Waals surface area contributed by atoms with Gasteiger partial charge >= 0.3 is 0 Å². The second-order valence-electron chi connectivity index (χ2n) is 7.02. The molecular formula is C23H31O2P. The van der Waals surface area contributed by atoms with Gasteiger partial charge in [0.15, 0.2) is 0 Å². The average Bonchev–Trinajstić information content (AvgIpc) is 3.22. The van der Waals surface area contributed by atoms with Gasteiger partial charge in [-0.05, 0) is 55.3 Å². The maximum atomic E-state index is 5.94. The van der Waals surface area contributed by atoms with Crippen molar-refractivity contribution in [2.75, 3.05) is 38.3 Å². The fourth-order valence-corrected chi connectivity index (χ4v) is 5.59. The highest BCUT2D eigenvalue weighted by atomic mass is 31.1. The Kier molecular flexibility index (Phi) is 8.64. The molecule has 1 aliphatic heterocycles. The summed E-state index contributed by atoms with van der Waals surface area (Å²) in [5.74, 6) is 0. The molecule has 140 valence electrons. The number of aryl methyl sites for hydroxylation is 2. The molecule has 2 nitrogen and oxygen atoms in total. The molecule has 2 aromatic carbocycles. The second-order valence-corrected chi connectivity index (χ2v) is 9.71. The van der Waals surface area contributed by atoms with Gasteiger partial charge in [0.25, 0.3) is 0 Å².